The lowest BCUT2D eigenvalue weighted by atomic mass is 9.82. The number of nitriles is 1. The van der Waals surface area contributed by atoms with Gasteiger partial charge in [-0.1, -0.05) is 27.7 Å². The fourth-order valence-corrected chi connectivity index (χ4v) is 6.07. The van der Waals surface area contributed by atoms with Crippen LogP contribution in [0.3, 0.4) is 0 Å². The minimum absolute atomic E-state index is 0.158. The Hall–Kier alpha value is -3.53. The van der Waals surface area contributed by atoms with Gasteiger partial charge in [-0.2, -0.15) is 10.4 Å². The Labute approximate surface area is 245 Å². The summed E-state index contributed by atoms with van der Waals surface area (Å²) < 4.78 is 8.12. The summed E-state index contributed by atoms with van der Waals surface area (Å²) in [5.74, 6) is 1.06. The molecular formula is C29H40BN8O2Si. The van der Waals surface area contributed by atoms with E-state index in [0.29, 0.717) is 36.2 Å². The molecule has 0 unspecified atom stereocenters. The highest BCUT2D eigenvalue weighted by Gasteiger charge is 2.42. The van der Waals surface area contributed by atoms with E-state index in [2.05, 4.69) is 80.3 Å². The van der Waals surface area contributed by atoms with E-state index in [9.17, 15) is 10.1 Å². The first kappa shape index (κ1) is 30.4. The first-order valence-corrected chi connectivity index (χ1v) is 16.7. The summed E-state index contributed by atoms with van der Waals surface area (Å²) in [4.78, 5) is 24.8. The second-order valence-electron chi connectivity index (χ2n) is 12.6. The third-order valence-electron chi connectivity index (χ3n) is 8.19. The topological polar surface area (TPSA) is 112 Å². The van der Waals surface area contributed by atoms with Crippen molar-refractivity contribution in [1.29, 1.82) is 5.26 Å². The molecule has 1 radical (unpaired) electrons. The van der Waals surface area contributed by atoms with Crippen LogP contribution >= 0.6 is 0 Å². The molecule has 4 rings (SSSR count). The predicted octanol–water partition coefficient (Wildman–Crippen LogP) is 4.33. The van der Waals surface area contributed by atoms with Crippen molar-refractivity contribution in [3.8, 4) is 17.3 Å². The van der Waals surface area contributed by atoms with Crippen LogP contribution in [0.15, 0.2) is 36.7 Å². The summed E-state index contributed by atoms with van der Waals surface area (Å²) in [5.41, 5.74) is 3.45. The third kappa shape index (κ3) is 6.69. The van der Waals surface area contributed by atoms with E-state index in [1.54, 1.807) is 10.9 Å². The van der Waals surface area contributed by atoms with E-state index in [1.807, 2.05) is 36.3 Å². The zero-order chi connectivity index (χ0) is 30.0. The third-order valence-corrected chi connectivity index (χ3v) is 12.7. The van der Waals surface area contributed by atoms with Gasteiger partial charge in [0.05, 0.1) is 11.3 Å². The number of hydrogen-bond acceptors (Lipinski definition) is 9. The maximum absolute atomic E-state index is 11.6. The highest BCUT2D eigenvalue weighted by molar-refractivity contribution is 6.74. The van der Waals surface area contributed by atoms with Gasteiger partial charge in [0.25, 0.3) is 0 Å². The van der Waals surface area contributed by atoms with Gasteiger partial charge in [-0.05, 0) is 48.9 Å². The van der Waals surface area contributed by atoms with Crippen LogP contribution in [-0.2, 0) is 21.7 Å². The van der Waals surface area contributed by atoms with Crippen molar-refractivity contribution in [3.05, 3.63) is 47.8 Å². The number of anilines is 3. The Morgan fingerprint density at radius 3 is 2.71 bits per heavy atom. The van der Waals surface area contributed by atoms with Gasteiger partial charge >= 0.3 is 7.41 Å². The van der Waals surface area contributed by atoms with Crippen LogP contribution < -0.4 is 10.1 Å². The molecule has 215 valence electrons. The van der Waals surface area contributed by atoms with E-state index in [4.69, 9.17) is 9.41 Å². The number of benzene rings is 1. The molecule has 0 aliphatic carbocycles. The fourth-order valence-electron chi connectivity index (χ4n) is 5.04. The van der Waals surface area contributed by atoms with E-state index in [0.717, 1.165) is 36.1 Å². The van der Waals surface area contributed by atoms with Crippen LogP contribution in [-0.4, -0.2) is 79.9 Å². The molecule has 0 fully saturated rings. The number of likely N-dealkylation sites (N-methyl/N-ethyl adjacent to an activating group) is 1. The molecule has 3 aromatic rings. The molecule has 12 heteroatoms. The van der Waals surface area contributed by atoms with E-state index in [1.165, 1.54) is 7.41 Å². The summed E-state index contributed by atoms with van der Waals surface area (Å²) in [6, 6.07) is 9.97. The van der Waals surface area contributed by atoms with Crippen molar-refractivity contribution in [2.24, 2.45) is 7.05 Å². The summed E-state index contributed by atoms with van der Waals surface area (Å²) >= 11 is 0. The molecule has 10 nitrogen and oxygen atoms in total. The molecular weight excluding hydrogens is 531 g/mol. The van der Waals surface area contributed by atoms with Gasteiger partial charge in [-0.25, -0.2) is 9.97 Å². The molecule has 1 N–H and O–H groups in total. The molecule has 1 aliphatic heterocycles. The molecule has 1 aliphatic rings. The van der Waals surface area contributed by atoms with Gasteiger partial charge < -0.3 is 24.2 Å². The SMILES string of the molecule is CN(CCO[Si](C)(C)C(C)(C)C)C[C@@]1(C)CN([B]C=O)c2c(C#N)cc(-c3ccnc(Nc4ccn(C)n4)n3)cc21. The molecule has 3 heterocycles. The van der Waals surface area contributed by atoms with Crippen molar-refractivity contribution >= 4 is 39.4 Å². The normalized spacial score (nSPS) is 16.9. The minimum Gasteiger partial charge on any atom is -0.416 e. The van der Waals surface area contributed by atoms with E-state index < -0.39 is 8.32 Å². The Morgan fingerprint density at radius 2 is 2.07 bits per heavy atom. The molecule has 0 spiro atoms. The number of carbonyl (C=O) groups excluding carboxylic acids is 1. The zero-order valence-electron chi connectivity index (χ0n) is 25.4. The molecule has 1 atom stereocenters. The quantitative estimate of drug-likeness (QED) is 0.265. The number of rotatable bonds is 11. The largest absolute Gasteiger partial charge is 0.416 e. The molecule has 0 saturated heterocycles. The van der Waals surface area contributed by atoms with Crippen molar-refractivity contribution < 1.29 is 9.22 Å². The lowest BCUT2D eigenvalue weighted by molar-refractivity contribution is 0.199. The zero-order valence-corrected chi connectivity index (χ0v) is 26.4. The van der Waals surface area contributed by atoms with Crippen molar-refractivity contribution in [1.82, 2.24) is 24.6 Å². The van der Waals surface area contributed by atoms with Gasteiger partial charge in [0.1, 0.15) is 12.3 Å². The maximum atomic E-state index is 11.6. The number of aryl methyl sites for hydroxylation is 1. The molecule has 2 aromatic heterocycles. The van der Waals surface area contributed by atoms with Crippen molar-refractivity contribution in [2.75, 3.05) is 43.4 Å². The number of carbonyl (C=O) groups is 1. The molecule has 0 bridgehead atoms. The number of hydrogen-bond donors (Lipinski definition) is 1. The summed E-state index contributed by atoms with van der Waals surface area (Å²) in [6.07, 6.45) is 4.31. The lowest BCUT2D eigenvalue weighted by Crippen LogP contribution is -2.45. The Balaban J connectivity index is 1.62. The van der Waals surface area contributed by atoms with Crippen LogP contribution in [0.25, 0.3) is 11.3 Å². The molecule has 1 aromatic carbocycles. The van der Waals surface area contributed by atoms with Crippen molar-refractivity contribution in [2.45, 2.75) is 51.2 Å². The Kier molecular flexibility index (Phi) is 8.73. The highest BCUT2D eigenvalue weighted by atomic mass is 28.4. The van der Waals surface area contributed by atoms with E-state index in [-0.39, 0.29) is 10.5 Å². The van der Waals surface area contributed by atoms with Crippen molar-refractivity contribution in [3.63, 3.8) is 0 Å². The number of aromatic nitrogens is 4. The molecule has 0 saturated carbocycles. The molecule has 0 amide bonds. The number of fused-ring (bicyclic) bond motifs is 1. The standard InChI is InChI=1S/C29H40BN8O2Si/c1-28(2,3)41(7,8)40-14-13-36(5)18-29(4)19-38(30-20-39)26-22(17-31)15-21(16-23(26)29)24-9-11-32-27(33-24)34-25-10-12-37(6)35-25/h9-12,15-16,20H,13-14,18-19H2,1-8H3,(H,32,33,34,35)/t29-/m0/s1. The highest BCUT2D eigenvalue weighted by Crippen LogP contribution is 2.45. The monoisotopic (exact) mass is 571 g/mol. The fraction of sp³-hybridized carbons (Fsp3) is 0.483. The van der Waals surface area contributed by atoms with E-state index >= 15 is 0 Å². The average molecular weight is 572 g/mol. The molecule has 41 heavy (non-hydrogen) atoms. The lowest BCUT2D eigenvalue weighted by Gasteiger charge is -2.37. The van der Waals surface area contributed by atoms with Gasteiger partial charge in [0.15, 0.2) is 14.1 Å². The smallest absolute Gasteiger partial charge is 0.329 e. The van der Waals surface area contributed by atoms with Crippen LogP contribution in [0.2, 0.25) is 18.1 Å². The minimum atomic E-state index is -1.84. The second-order valence-corrected chi connectivity index (χ2v) is 17.4. The Bertz CT molecular complexity index is 1450. The summed E-state index contributed by atoms with van der Waals surface area (Å²) in [5, 5.41) is 17.8. The van der Waals surface area contributed by atoms with Crippen LogP contribution in [0.4, 0.5) is 17.5 Å². The van der Waals surface area contributed by atoms with Gasteiger partial charge in [-0.3, -0.25) is 4.68 Å². The van der Waals surface area contributed by atoms with Gasteiger partial charge in [-0.15, -0.1) is 0 Å². The van der Waals surface area contributed by atoms with Crippen LogP contribution in [0.1, 0.15) is 38.8 Å². The predicted molar refractivity (Wildman–Crippen MR) is 167 cm³/mol. The van der Waals surface area contributed by atoms with Gasteiger partial charge in [0.2, 0.25) is 5.95 Å². The van der Waals surface area contributed by atoms with Gasteiger partial charge in [0, 0.05) is 68.4 Å². The first-order chi connectivity index (χ1) is 19.3. The second kappa shape index (κ2) is 11.8. The maximum Gasteiger partial charge on any atom is 0.329 e. The summed E-state index contributed by atoms with van der Waals surface area (Å²) in [6.45, 7) is 16.2. The number of nitrogens with one attached hydrogen (secondary N) is 1. The first-order valence-electron chi connectivity index (χ1n) is 13.8. The average Bonchev–Trinajstić information content (AvgIpc) is 3.42. The number of nitrogens with zero attached hydrogens (tertiary/aromatic N) is 7. The Morgan fingerprint density at radius 1 is 1.32 bits per heavy atom. The summed E-state index contributed by atoms with van der Waals surface area (Å²) in [7, 11) is 3.62. The van der Waals surface area contributed by atoms with Crippen LogP contribution in [0.5, 0.6) is 0 Å². The van der Waals surface area contributed by atoms with Crippen LogP contribution in [0, 0.1) is 11.3 Å².